The van der Waals surface area contributed by atoms with Gasteiger partial charge in [0.25, 0.3) is 30.4 Å². The van der Waals surface area contributed by atoms with Crippen molar-refractivity contribution in [3.05, 3.63) is 0 Å². The summed E-state index contributed by atoms with van der Waals surface area (Å²) in [6.07, 6.45) is -21.6. The Morgan fingerprint density at radius 3 is 0.635 bits per heavy atom. The molecule has 52 heavy (non-hydrogen) atoms. The fourth-order valence-corrected chi connectivity index (χ4v) is 3.65. The smallest absolute Gasteiger partial charge is 0.394 e. The second-order valence-electron chi connectivity index (χ2n) is 9.00. The number of hydrogen-bond acceptors (Lipinski definition) is 9. The molecular weight excluding hydrogens is 879 g/mol. The van der Waals surface area contributed by atoms with Crippen molar-refractivity contribution in [1.29, 1.82) is 0 Å². The lowest BCUT2D eigenvalue weighted by Crippen LogP contribution is -2.55. The van der Waals surface area contributed by atoms with Crippen LogP contribution in [0.25, 0.3) is 0 Å². The van der Waals surface area contributed by atoms with Crippen molar-refractivity contribution in [2.24, 2.45) is 0 Å². The number of hydrogen-bond donors (Lipinski definition) is 6. The lowest BCUT2D eigenvalue weighted by atomic mass is 10.2. The minimum absolute atomic E-state index is 0.377. The van der Waals surface area contributed by atoms with Crippen LogP contribution in [0.5, 0.6) is 0 Å². The van der Waals surface area contributed by atoms with Crippen LogP contribution in [0.2, 0.25) is 0 Å². The van der Waals surface area contributed by atoms with Gasteiger partial charge in [-0.3, -0.25) is 13.7 Å². The van der Waals surface area contributed by atoms with Gasteiger partial charge in [-0.25, -0.2) is 0 Å². The predicted octanol–water partition coefficient (Wildman–Crippen LogP) is 3.84. The van der Waals surface area contributed by atoms with E-state index in [4.69, 9.17) is 29.0 Å². The molecule has 0 fully saturated rings. The molecule has 0 aliphatic carbocycles. The Morgan fingerprint density at radius 2 is 0.577 bits per heavy atom. The summed E-state index contributed by atoms with van der Waals surface area (Å²) in [4.78, 5) is 0. The summed E-state index contributed by atoms with van der Waals surface area (Å²) in [6.45, 7) is 1.04. The third kappa shape index (κ3) is 18.5. The average molecular weight is 898 g/mol. The molecule has 0 aromatic heterocycles. The van der Waals surface area contributed by atoms with Crippen LogP contribution >= 0.6 is 0 Å². The zero-order valence-electron chi connectivity index (χ0n) is 23.8. The summed E-state index contributed by atoms with van der Waals surface area (Å²) >= 11 is 0. The normalized spacial score (nSPS) is 15.9. The Kier molecular flexibility index (Phi) is 19.4. The van der Waals surface area contributed by atoms with Crippen LogP contribution in [0.1, 0.15) is 6.92 Å². The van der Waals surface area contributed by atoms with E-state index in [-0.39, 0.29) is 6.61 Å². The van der Waals surface area contributed by atoms with E-state index >= 15 is 0 Å². The predicted molar refractivity (Wildman–Crippen MR) is 122 cm³/mol. The lowest BCUT2D eigenvalue weighted by molar-refractivity contribution is -0.348. The standard InChI is InChI=1S/3C4H3F7O3S.C4H10O3/c3*5-2(6,1-15(12,13)14)3(7,8)4(9,10)11;1-3(6)4(7)2-5/h3*1H2,(H,12,13,14);3-7H,2H2,1H3. The lowest BCUT2D eigenvalue weighted by Gasteiger charge is -2.26. The molecule has 12 nitrogen and oxygen atoms in total. The molecule has 320 valence electrons. The maximum atomic E-state index is 12.2. The van der Waals surface area contributed by atoms with Crippen molar-refractivity contribution in [2.75, 3.05) is 23.9 Å². The maximum absolute atomic E-state index is 12.2. The molecule has 0 radical (unpaired) electrons. The minimum Gasteiger partial charge on any atom is -0.394 e. The van der Waals surface area contributed by atoms with Gasteiger partial charge in [0.15, 0.2) is 0 Å². The first-order valence-corrected chi connectivity index (χ1v) is 15.9. The van der Waals surface area contributed by atoms with Crippen molar-refractivity contribution < 1.29 is 146 Å². The largest absolute Gasteiger partial charge is 0.459 e. The highest BCUT2D eigenvalue weighted by Gasteiger charge is 2.75. The van der Waals surface area contributed by atoms with Crippen LogP contribution in [0.15, 0.2) is 0 Å². The van der Waals surface area contributed by atoms with E-state index in [0.717, 1.165) is 0 Å². The minimum atomic E-state index is -6.61. The van der Waals surface area contributed by atoms with E-state index < -0.39 is 114 Å². The number of halogens is 21. The monoisotopic (exact) mass is 898 g/mol. The maximum Gasteiger partial charge on any atom is 0.459 e. The molecule has 0 heterocycles. The van der Waals surface area contributed by atoms with Gasteiger partial charge >= 0.3 is 54.1 Å². The Bertz CT molecular complexity index is 1270. The topological polar surface area (TPSA) is 224 Å². The first kappa shape index (κ1) is 56.9. The van der Waals surface area contributed by atoms with Crippen LogP contribution < -0.4 is 0 Å². The third-order valence-corrected chi connectivity index (χ3v) is 6.46. The van der Waals surface area contributed by atoms with Gasteiger partial charge in [0.1, 0.15) is 23.4 Å². The number of rotatable bonds is 11. The van der Waals surface area contributed by atoms with Gasteiger partial charge in [-0.15, -0.1) is 0 Å². The Balaban J connectivity index is -0.000000304. The highest BCUT2D eigenvalue weighted by atomic mass is 32.2. The van der Waals surface area contributed by atoms with Crippen LogP contribution in [-0.2, 0) is 30.4 Å². The molecule has 0 aliphatic heterocycles. The molecule has 6 N–H and O–H groups in total. The van der Waals surface area contributed by atoms with Crippen molar-refractivity contribution >= 4 is 30.4 Å². The fourth-order valence-electron chi connectivity index (χ4n) is 1.73. The highest BCUT2D eigenvalue weighted by molar-refractivity contribution is 7.86. The van der Waals surface area contributed by atoms with Gasteiger partial charge in [-0.05, 0) is 6.92 Å². The molecular formula is C16H19F21O12S3. The van der Waals surface area contributed by atoms with Gasteiger partial charge in [-0.1, -0.05) is 0 Å². The first-order valence-electron chi connectivity index (χ1n) is 11.1. The van der Waals surface area contributed by atoms with Crippen LogP contribution in [-0.4, -0.2) is 144 Å². The quantitative estimate of drug-likeness (QED) is 0.129. The molecule has 2 unspecified atom stereocenters. The van der Waals surface area contributed by atoms with E-state index in [1.807, 2.05) is 0 Å². The Morgan fingerprint density at radius 1 is 0.423 bits per heavy atom. The zero-order chi connectivity index (χ0) is 44.0. The van der Waals surface area contributed by atoms with E-state index in [1.54, 1.807) is 0 Å². The molecule has 0 rings (SSSR count). The van der Waals surface area contributed by atoms with Gasteiger partial charge < -0.3 is 15.3 Å². The summed E-state index contributed by atoms with van der Waals surface area (Å²) < 4.78 is 330. The molecule has 0 saturated carbocycles. The van der Waals surface area contributed by atoms with Crippen molar-refractivity contribution in [1.82, 2.24) is 0 Å². The molecule has 0 aromatic rings. The molecule has 0 amide bonds. The van der Waals surface area contributed by atoms with Crippen molar-refractivity contribution in [2.45, 2.75) is 73.2 Å². The van der Waals surface area contributed by atoms with Crippen LogP contribution in [0.3, 0.4) is 0 Å². The second kappa shape index (κ2) is 17.7. The third-order valence-electron chi connectivity index (χ3n) is 4.28. The fraction of sp³-hybridized carbons (Fsp3) is 1.00. The molecule has 0 bridgehead atoms. The summed E-state index contributed by atoms with van der Waals surface area (Å²) in [7, 11) is -17.0. The van der Waals surface area contributed by atoms with Crippen LogP contribution in [0.4, 0.5) is 92.2 Å². The molecule has 0 aliphatic rings. The molecule has 0 saturated heterocycles. The highest BCUT2D eigenvalue weighted by Crippen LogP contribution is 2.49. The van der Waals surface area contributed by atoms with Crippen molar-refractivity contribution in [3.63, 3.8) is 0 Å². The van der Waals surface area contributed by atoms with Crippen molar-refractivity contribution in [3.8, 4) is 0 Å². The molecule has 0 spiro atoms. The summed E-state index contributed by atoms with van der Waals surface area (Å²) in [5.74, 6) is -46.4. The van der Waals surface area contributed by atoms with E-state index in [2.05, 4.69) is 0 Å². The first-order chi connectivity index (χ1) is 21.8. The molecule has 0 aromatic carbocycles. The number of aliphatic hydroxyl groups excluding tert-OH is 3. The average Bonchev–Trinajstić information content (AvgIpc) is 2.77. The van der Waals surface area contributed by atoms with Crippen LogP contribution in [0, 0.1) is 0 Å². The summed E-state index contributed by atoms with van der Waals surface area (Å²) in [6, 6.07) is 0. The van der Waals surface area contributed by atoms with Gasteiger partial charge in [0.05, 0.1) is 12.7 Å². The van der Waals surface area contributed by atoms with Gasteiger partial charge in [0.2, 0.25) is 0 Å². The summed E-state index contributed by atoms with van der Waals surface area (Å²) in [5, 5.41) is 24.9. The summed E-state index contributed by atoms with van der Waals surface area (Å²) in [5.41, 5.74) is 0. The van der Waals surface area contributed by atoms with E-state index in [1.165, 1.54) is 6.92 Å². The Hall–Kier alpha value is -1.86. The van der Waals surface area contributed by atoms with Gasteiger partial charge in [0, 0.05) is 0 Å². The Labute approximate surface area is 274 Å². The van der Waals surface area contributed by atoms with Gasteiger partial charge in [-0.2, -0.15) is 117 Å². The number of aliphatic hydroxyl groups is 3. The van der Waals surface area contributed by atoms with E-state index in [9.17, 15) is 117 Å². The van der Waals surface area contributed by atoms with E-state index in [0.29, 0.717) is 0 Å². The number of alkyl halides is 21. The molecule has 2 atom stereocenters. The second-order valence-corrected chi connectivity index (χ2v) is 13.4. The zero-order valence-corrected chi connectivity index (χ0v) is 26.2. The molecule has 36 heteroatoms. The SMILES string of the molecule is CC(O)C(O)CO.O=S(=O)(O)CC(F)(F)C(F)(F)C(F)(F)F.O=S(=O)(O)CC(F)(F)C(F)(F)C(F)(F)F.O=S(=O)(O)CC(F)(F)C(F)(F)C(F)(F)F.